The van der Waals surface area contributed by atoms with Crippen LogP contribution in [0.1, 0.15) is 33.2 Å². The van der Waals surface area contributed by atoms with Crippen LogP contribution in [0.2, 0.25) is 0 Å². The van der Waals surface area contributed by atoms with Crippen LogP contribution in [0.25, 0.3) is 0 Å². The molecule has 100 valence electrons. The summed E-state index contributed by atoms with van der Waals surface area (Å²) >= 11 is 0. The largest absolute Gasteiger partial charge is 0.480 e. The van der Waals surface area contributed by atoms with Crippen molar-refractivity contribution in [3.63, 3.8) is 0 Å². The Morgan fingerprint density at radius 1 is 1.44 bits per heavy atom. The number of aromatic nitrogens is 3. The minimum Gasteiger partial charge on any atom is -0.480 e. The Bertz CT molecular complexity index is 404. The van der Waals surface area contributed by atoms with E-state index >= 15 is 0 Å². The highest BCUT2D eigenvalue weighted by atomic mass is 16.4. The molecule has 0 saturated heterocycles. The summed E-state index contributed by atoms with van der Waals surface area (Å²) in [5.41, 5.74) is 0. The molecular formula is C11H18N4O3. The fraction of sp³-hybridized carbons (Fsp3) is 0.636. The van der Waals surface area contributed by atoms with Crippen LogP contribution in [-0.2, 0) is 9.59 Å². The molecule has 0 spiro atoms. The average molecular weight is 254 g/mol. The van der Waals surface area contributed by atoms with Crippen LogP contribution in [0, 0.1) is 5.92 Å². The first-order valence-electron chi connectivity index (χ1n) is 5.84. The molecule has 1 rings (SSSR count). The highest BCUT2D eigenvalue weighted by molar-refractivity contribution is 5.85. The van der Waals surface area contributed by atoms with Gasteiger partial charge in [-0.15, -0.1) is 0 Å². The maximum Gasteiger partial charge on any atom is 0.326 e. The quantitative estimate of drug-likeness (QED) is 0.768. The third-order valence-corrected chi connectivity index (χ3v) is 2.99. The summed E-state index contributed by atoms with van der Waals surface area (Å²) in [6.07, 6.45) is 3.42. The third kappa shape index (κ3) is 3.28. The van der Waals surface area contributed by atoms with Gasteiger partial charge in [-0.2, -0.15) is 5.10 Å². The second-order valence-electron chi connectivity index (χ2n) is 4.26. The molecule has 1 amide bonds. The summed E-state index contributed by atoms with van der Waals surface area (Å²) in [5.74, 6) is -1.54. The Morgan fingerprint density at radius 3 is 2.56 bits per heavy atom. The van der Waals surface area contributed by atoms with Crippen molar-refractivity contribution in [1.29, 1.82) is 0 Å². The zero-order valence-corrected chi connectivity index (χ0v) is 10.7. The van der Waals surface area contributed by atoms with Crippen LogP contribution in [0.5, 0.6) is 0 Å². The van der Waals surface area contributed by atoms with Gasteiger partial charge in [0.05, 0.1) is 0 Å². The Kier molecular flexibility index (Phi) is 4.82. The third-order valence-electron chi connectivity index (χ3n) is 2.99. The number of carbonyl (C=O) groups is 2. The molecule has 3 unspecified atom stereocenters. The summed E-state index contributed by atoms with van der Waals surface area (Å²) < 4.78 is 1.38. The minimum absolute atomic E-state index is 0.130. The molecule has 0 aliphatic rings. The van der Waals surface area contributed by atoms with E-state index in [0.29, 0.717) is 6.42 Å². The molecule has 1 aromatic heterocycles. The van der Waals surface area contributed by atoms with Crippen molar-refractivity contribution >= 4 is 11.9 Å². The summed E-state index contributed by atoms with van der Waals surface area (Å²) in [4.78, 5) is 26.8. The van der Waals surface area contributed by atoms with E-state index in [0.717, 1.165) is 0 Å². The Hall–Kier alpha value is -1.92. The van der Waals surface area contributed by atoms with Crippen LogP contribution in [0.3, 0.4) is 0 Å². The van der Waals surface area contributed by atoms with Gasteiger partial charge in [0.1, 0.15) is 24.7 Å². The van der Waals surface area contributed by atoms with Gasteiger partial charge < -0.3 is 10.4 Å². The van der Waals surface area contributed by atoms with Crippen molar-refractivity contribution in [2.75, 3.05) is 0 Å². The fourth-order valence-electron chi connectivity index (χ4n) is 1.49. The molecule has 0 radical (unpaired) electrons. The monoisotopic (exact) mass is 254 g/mol. The molecule has 18 heavy (non-hydrogen) atoms. The number of nitrogens with one attached hydrogen (secondary N) is 1. The van der Waals surface area contributed by atoms with Gasteiger partial charge in [0.2, 0.25) is 5.91 Å². The van der Waals surface area contributed by atoms with Gasteiger partial charge >= 0.3 is 5.97 Å². The Morgan fingerprint density at radius 2 is 2.11 bits per heavy atom. The second-order valence-corrected chi connectivity index (χ2v) is 4.26. The van der Waals surface area contributed by atoms with E-state index < -0.39 is 18.1 Å². The van der Waals surface area contributed by atoms with Crippen molar-refractivity contribution in [2.45, 2.75) is 39.3 Å². The number of carboxylic acid groups (broad SMARTS) is 1. The van der Waals surface area contributed by atoms with Crippen molar-refractivity contribution in [3.8, 4) is 0 Å². The van der Waals surface area contributed by atoms with E-state index in [-0.39, 0.29) is 11.8 Å². The molecule has 3 atom stereocenters. The van der Waals surface area contributed by atoms with Crippen LogP contribution in [0.4, 0.5) is 0 Å². The maximum absolute atomic E-state index is 11.9. The highest BCUT2D eigenvalue weighted by Crippen LogP contribution is 2.10. The molecule has 0 bridgehead atoms. The molecule has 0 saturated carbocycles. The van der Waals surface area contributed by atoms with E-state index in [1.807, 2.05) is 6.92 Å². The lowest BCUT2D eigenvalue weighted by Gasteiger charge is -2.22. The molecule has 0 fully saturated rings. The SMILES string of the molecule is CCC(C)C(NC(=O)C(C)n1cncn1)C(=O)O. The molecule has 7 nitrogen and oxygen atoms in total. The molecular weight excluding hydrogens is 236 g/mol. The molecule has 0 aromatic carbocycles. The normalized spacial score (nSPS) is 15.7. The summed E-state index contributed by atoms with van der Waals surface area (Å²) in [6.45, 7) is 5.31. The zero-order valence-electron chi connectivity index (χ0n) is 10.7. The minimum atomic E-state index is -1.02. The zero-order chi connectivity index (χ0) is 13.7. The van der Waals surface area contributed by atoms with Gasteiger partial charge in [0, 0.05) is 0 Å². The standard InChI is InChI=1S/C11H18N4O3/c1-4-7(2)9(11(17)18)14-10(16)8(3)15-6-12-5-13-15/h5-9H,4H2,1-3H3,(H,14,16)(H,17,18). The first-order chi connectivity index (χ1) is 8.47. The molecule has 1 aromatic rings. The first-order valence-corrected chi connectivity index (χ1v) is 5.84. The number of hydrogen-bond donors (Lipinski definition) is 2. The van der Waals surface area contributed by atoms with Crippen LogP contribution >= 0.6 is 0 Å². The van der Waals surface area contributed by atoms with E-state index in [1.54, 1.807) is 13.8 Å². The molecule has 2 N–H and O–H groups in total. The lowest BCUT2D eigenvalue weighted by Crippen LogP contribution is -2.47. The van der Waals surface area contributed by atoms with Crippen molar-refractivity contribution in [2.24, 2.45) is 5.92 Å². The number of aliphatic carboxylic acids is 1. The fourth-order valence-corrected chi connectivity index (χ4v) is 1.49. The van der Waals surface area contributed by atoms with Gasteiger partial charge in [-0.05, 0) is 12.8 Å². The number of carbonyl (C=O) groups excluding carboxylic acids is 1. The van der Waals surface area contributed by atoms with Gasteiger partial charge in [-0.1, -0.05) is 20.3 Å². The van der Waals surface area contributed by atoms with Crippen molar-refractivity contribution in [1.82, 2.24) is 20.1 Å². The number of carboxylic acids is 1. The average Bonchev–Trinajstić information content (AvgIpc) is 2.87. The van der Waals surface area contributed by atoms with Gasteiger partial charge in [0.25, 0.3) is 0 Å². The predicted molar refractivity (Wildman–Crippen MR) is 63.8 cm³/mol. The van der Waals surface area contributed by atoms with Gasteiger partial charge in [0.15, 0.2) is 0 Å². The number of hydrogen-bond acceptors (Lipinski definition) is 4. The van der Waals surface area contributed by atoms with Crippen molar-refractivity contribution < 1.29 is 14.7 Å². The van der Waals surface area contributed by atoms with E-state index in [9.17, 15) is 9.59 Å². The Balaban J connectivity index is 2.70. The molecule has 0 aliphatic carbocycles. The van der Waals surface area contributed by atoms with E-state index in [4.69, 9.17) is 5.11 Å². The van der Waals surface area contributed by atoms with Crippen LogP contribution in [-0.4, -0.2) is 37.8 Å². The highest BCUT2D eigenvalue weighted by Gasteiger charge is 2.27. The Labute approximate surface area is 105 Å². The summed E-state index contributed by atoms with van der Waals surface area (Å²) in [6, 6.07) is -1.47. The van der Waals surface area contributed by atoms with Crippen LogP contribution in [0.15, 0.2) is 12.7 Å². The number of nitrogens with zero attached hydrogens (tertiary/aromatic N) is 3. The van der Waals surface area contributed by atoms with Crippen molar-refractivity contribution in [3.05, 3.63) is 12.7 Å². The van der Waals surface area contributed by atoms with Gasteiger partial charge in [-0.25, -0.2) is 14.5 Å². The van der Waals surface area contributed by atoms with Gasteiger partial charge in [-0.3, -0.25) is 4.79 Å². The van der Waals surface area contributed by atoms with E-state index in [1.165, 1.54) is 17.3 Å². The molecule has 1 heterocycles. The number of rotatable bonds is 6. The lowest BCUT2D eigenvalue weighted by molar-refractivity contribution is -0.143. The maximum atomic E-state index is 11.9. The lowest BCUT2D eigenvalue weighted by atomic mass is 9.99. The summed E-state index contributed by atoms with van der Waals surface area (Å²) in [5, 5.41) is 15.5. The van der Waals surface area contributed by atoms with E-state index in [2.05, 4.69) is 15.4 Å². The predicted octanol–water partition coefficient (Wildman–Crippen LogP) is 0.455. The molecule has 7 heteroatoms. The van der Waals surface area contributed by atoms with Crippen LogP contribution < -0.4 is 5.32 Å². The topological polar surface area (TPSA) is 97.1 Å². The first kappa shape index (κ1) is 14.1. The smallest absolute Gasteiger partial charge is 0.326 e. The second kappa shape index (κ2) is 6.13. The molecule has 0 aliphatic heterocycles. The summed E-state index contributed by atoms with van der Waals surface area (Å²) in [7, 11) is 0. The number of amides is 1.